The van der Waals surface area contributed by atoms with E-state index in [1.54, 1.807) is 0 Å². The average molecular weight is 224 g/mol. The summed E-state index contributed by atoms with van der Waals surface area (Å²) < 4.78 is 4.27. The quantitative estimate of drug-likeness (QED) is 0.797. The Hall–Kier alpha value is -1.84. The van der Waals surface area contributed by atoms with E-state index in [0.717, 1.165) is 0 Å². The van der Waals surface area contributed by atoms with Crippen molar-refractivity contribution in [3.8, 4) is 0 Å². The van der Waals surface area contributed by atoms with Gasteiger partial charge >= 0.3 is 11.9 Å². The second kappa shape index (κ2) is 8.47. The molecule has 0 saturated carbocycles. The minimum absolute atomic E-state index is 0.0637. The van der Waals surface area contributed by atoms with E-state index in [4.69, 9.17) is 5.11 Å². The molecule has 0 fully saturated rings. The number of hydrogen-bond acceptors (Lipinski definition) is 3. The maximum absolute atomic E-state index is 10.4. The standard InChI is InChI=1S/C6H10O4.C6H6/c1-4(6(8)9)3-5(7)10-2;1-2-4-6-5-3-1/h4H,3H2,1-2H3,(H,8,9);1-6H. The van der Waals surface area contributed by atoms with Crippen LogP contribution in [0.1, 0.15) is 13.3 Å². The molecule has 0 radical (unpaired) electrons. The predicted molar refractivity (Wildman–Crippen MR) is 59.9 cm³/mol. The molecular weight excluding hydrogens is 208 g/mol. The molecule has 0 spiro atoms. The molecule has 4 nitrogen and oxygen atoms in total. The maximum Gasteiger partial charge on any atom is 0.306 e. The summed E-state index contributed by atoms with van der Waals surface area (Å²) in [4.78, 5) is 20.6. The molecule has 1 aromatic carbocycles. The number of benzene rings is 1. The number of carboxylic acid groups (broad SMARTS) is 1. The number of carbonyl (C=O) groups is 2. The first-order chi connectivity index (χ1) is 7.57. The van der Waals surface area contributed by atoms with Crippen molar-refractivity contribution in [3.63, 3.8) is 0 Å². The summed E-state index contributed by atoms with van der Waals surface area (Å²) in [7, 11) is 1.23. The van der Waals surface area contributed by atoms with Gasteiger partial charge in [-0.15, -0.1) is 0 Å². The number of ether oxygens (including phenoxy) is 1. The van der Waals surface area contributed by atoms with Crippen molar-refractivity contribution >= 4 is 11.9 Å². The minimum Gasteiger partial charge on any atom is -0.481 e. The number of carboxylic acids is 1. The van der Waals surface area contributed by atoms with Crippen LogP contribution < -0.4 is 0 Å². The van der Waals surface area contributed by atoms with Gasteiger partial charge in [-0.25, -0.2) is 0 Å². The number of carbonyl (C=O) groups excluding carboxylic acids is 1. The monoisotopic (exact) mass is 224 g/mol. The molecule has 0 bridgehead atoms. The number of esters is 1. The fraction of sp³-hybridized carbons (Fsp3) is 0.333. The normalized spacial score (nSPS) is 10.6. The number of rotatable bonds is 3. The lowest BCUT2D eigenvalue weighted by Crippen LogP contribution is -2.15. The molecule has 1 rings (SSSR count). The summed E-state index contributed by atoms with van der Waals surface area (Å²) in [6, 6.07) is 12.0. The topological polar surface area (TPSA) is 63.6 Å². The molecule has 0 aliphatic rings. The molecule has 1 unspecified atom stereocenters. The van der Waals surface area contributed by atoms with Gasteiger partial charge < -0.3 is 9.84 Å². The summed E-state index contributed by atoms with van der Waals surface area (Å²) in [5, 5.41) is 8.32. The van der Waals surface area contributed by atoms with Crippen molar-refractivity contribution < 1.29 is 19.4 Å². The highest BCUT2D eigenvalue weighted by molar-refractivity contribution is 5.78. The summed E-state index contributed by atoms with van der Waals surface area (Å²) in [5.74, 6) is -2.13. The molecule has 1 atom stereocenters. The lowest BCUT2D eigenvalue weighted by atomic mass is 10.1. The van der Waals surface area contributed by atoms with E-state index in [2.05, 4.69) is 4.74 Å². The van der Waals surface area contributed by atoms with E-state index in [9.17, 15) is 9.59 Å². The van der Waals surface area contributed by atoms with Crippen LogP contribution in [-0.4, -0.2) is 24.2 Å². The first-order valence-corrected chi connectivity index (χ1v) is 4.87. The van der Waals surface area contributed by atoms with Gasteiger partial charge in [0.1, 0.15) is 0 Å². The van der Waals surface area contributed by atoms with Gasteiger partial charge in [0.05, 0.1) is 19.4 Å². The highest BCUT2D eigenvalue weighted by atomic mass is 16.5. The van der Waals surface area contributed by atoms with Crippen molar-refractivity contribution in [2.45, 2.75) is 13.3 Å². The largest absolute Gasteiger partial charge is 0.481 e. The van der Waals surface area contributed by atoms with Crippen LogP contribution in [0.2, 0.25) is 0 Å². The van der Waals surface area contributed by atoms with Crippen molar-refractivity contribution in [1.82, 2.24) is 0 Å². The SMILES string of the molecule is COC(=O)CC(C)C(=O)O.c1ccccc1. The third-order valence-corrected chi connectivity index (χ3v) is 1.79. The molecule has 1 aromatic rings. The van der Waals surface area contributed by atoms with Crippen LogP contribution in [0.4, 0.5) is 0 Å². The molecule has 1 N–H and O–H groups in total. The number of aliphatic carboxylic acids is 1. The van der Waals surface area contributed by atoms with Gasteiger partial charge in [0.2, 0.25) is 0 Å². The van der Waals surface area contributed by atoms with E-state index in [-0.39, 0.29) is 6.42 Å². The molecular formula is C12H16O4. The van der Waals surface area contributed by atoms with Crippen molar-refractivity contribution in [3.05, 3.63) is 36.4 Å². The van der Waals surface area contributed by atoms with Crippen molar-refractivity contribution in [1.29, 1.82) is 0 Å². The van der Waals surface area contributed by atoms with Gasteiger partial charge in [0.25, 0.3) is 0 Å². The van der Waals surface area contributed by atoms with E-state index in [1.165, 1.54) is 14.0 Å². The highest BCUT2D eigenvalue weighted by Crippen LogP contribution is 2.01. The van der Waals surface area contributed by atoms with E-state index in [1.807, 2.05) is 36.4 Å². The Bertz CT molecular complexity index is 281. The van der Waals surface area contributed by atoms with Crippen LogP contribution in [0.15, 0.2) is 36.4 Å². The van der Waals surface area contributed by atoms with Gasteiger partial charge in [0, 0.05) is 0 Å². The fourth-order valence-corrected chi connectivity index (χ4v) is 0.806. The second-order valence-electron chi connectivity index (χ2n) is 3.17. The lowest BCUT2D eigenvalue weighted by Gasteiger charge is -2.02. The first-order valence-electron chi connectivity index (χ1n) is 4.87. The zero-order valence-corrected chi connectivity index (χ0v) is 9.42. The van der Waals surface area contributed by atoms with Gasteiger partial charge in [-0.05, 0) is 0 Å². The van der Waals surface area contributed by atoms with Crippen molar-refractivity contribution in [2.24, 2.45) is 5.92 Å². The molecule has 0 aromatic heterocycles. The molecule has 4 heteroatoms. The number of methoxy groups -OCH3 is 1. The predicted octanol–water partition coefficient (Wildman–Crippen LogP) is 1.96. The Morgan fingerprint density at radius 2 is 1.50 bits per heavy atom. The summed E-state index contributed by atoms with van der Waals surface area (Å²) in [6.45, 7) is 1.46. The summed E-state index contributed by atoms with van der Waals surface area (Å²) >= 11 is 0. The van der Waals surface area contributed by atoms with E-state index >= 15 is 0 Å². The zero-order valence-electron chi connectivity index (χ0n) is 9.42. The van der Waals surface area contributed by atoms with E-state index in [0.29, 0.717) is 0 Å². The zero-order chi connectivity index (χ0) is 12.4. The molecule has 0 amide bonds. The van der Waals surface area contributed by atoms with Gasteiger partial charge in [-0.1, -0.05) is 43.3 Å². The Balaban J connectivity index is 0.000000315. The van der Waals surface area contributed by atoms with Crippen LogP contribution >= 0.6 is 0 Å². The first kappa shape index (κ1) is 14.2. The Morgan fingerprint density at radius 1 is 1.12 bits per heavy atom. The third kappa shape index (κ3) is 7.55. The van der Waals surface area contributed by atoms with E-state index < -0.39 is 17.9 Å². The minimum atomic E-state index is -0.981. The summed E-state index contributed by atoms with van der Waals surface area (Å²) in [6.07, 6.45) is -0.0637. The highest BCUT2D eigenvalue weighted by Gasteiger charge is 2.15. The van der Waals surface area contributed by atoms with Crippen molar-refractivity contribution in [2.75, 3.05) is 7.11 Å². The summed E-state index contributed by atoms with van der Waals surface area (Å²) in [5.41, 5.74) is 0. The molecule has 0 heterocycles. The van der Waals surface area contributed by atoms with Gasteiger partial charge in [-0.2, -0.15) is 0 Å². The number of hydrogen-bond donors (Lipinski definition) is 1. The van der Waals surface area contributed by atoms with Crippen LogP contribution in [0.25, 0.3) is 0 Å². The molecule has 0 saturated heterocycles. The van der Waals surface area contributed by atoms with Crippen LogP contribution in [0.3, 0.4) is 0 Å². The van der Waals surface area contributed by atoms with Crippen LogP contribution in [0.5, 0.6) is 0 Å². The van der Waals surface area contributed by atoms with Gasteiger partial charge in [-0.3, -0.25) is 9.59 Å². The second-order valence-corrected chi connectivity index (χ2v) is 3.17. The van der Waals surface area contributed by atoms with Gasteiger partial charge in [0.15, 0.2) is 0 Å². The molecule has 0 aliphatic carbocycles. The smallest absolute Gasteiger partial charge is 0.306 e. The molecule has 16 heavy (non-hydrogen) atoms. The maximum atomic E-state index is 10.4. The Morgan fingerprint density at radius 3 is 1.75 bits per heavy atom. The Kier molecular flexibility index (Phi) is 7.49. The van der Waals surface area contributed by atoms with Crippen LogP contribution in [-0.2, 0) is 14.3 Å². The molecule has 88 valence electrons. The average Bonchev–Trinajstić information content (AvgIpc) is 2.31. The third-order valence-electron chi connectivity index (χ3n) is 1.79. The fourth-order valence-electron chi connectivity index (χ4n) is 0.806. The lowest BCUT2D eigenvalue weighted by molar-refractivity contribution is -0.149. The molecule has 0 aliphatic heterocycles. The van der Waals surface area contributed by atoms with Crippen LogP contribution in [0, 0.1) is 5.92 Å². The Labute approximate surface area is 94.9 Å².